The lowest BCUT2D eigenvalue weighted by molar-refractivity contribution is 0.0689. The molecule has 0 radical (unpaired) electrons. The second-order valence-electron chi connectivity index (χ2n) is 3.68. The lowest BCUT2D eigenvalue weighted by Gasteiger charge is -2.00. The van der Waals surface area contributed by atoms with Crippen LogP contribution >= 0.6 is 0 Å². The largest absolute Gasteiger partial charge is 0.476 e. The van der Waals surface area contributed by atoms with Crippen LogP contribution in [-0.2, 0) is 0 Å². The topological polar surface area (TPSA) is 93.8 Å². The number of hydrogen-bond donors (Lipinski definition) is 1. The van der Waals surface area contributed by atoms with Gasteiger partial charge in [0.05, 0.1) is 5.69 Å². The van der Waals surface area contributed by atoms with E-state index >= 15 is 0 Å². The zero-order valence-electron chi connectivity index (χ0n) is 9.67. The molecule has 7 nitrogen and oxygen atoms in total. The minimum Gasteiger partial charge on any atom is -0.476 e. The molecule has 0 saturated heterocycles. The Labute approximate surface area is 97.1 Å². The maximum atomic E-state index is 10.8. The van der Waals surface area contributed by atoms with Crippen molar-refractivity contribution < 1.29 is 9.90 Å². The number of rotatable bonds is 2. The third kappa shape index (κ3) is 2.12. The highest BCUT2D eigenvalue weighted by Crippen LogP contribution is 2.06. The van der Waals surface area contributed by atoms with Gasteiger partial charge in [-0.3, -0.25) is 0 Å². The lowest BCUT2D eigenvalue weighted by atomic mass is 10.4. The Hall–Kier alpha value is -2.31. The number of nitrogens with zero attached hydrogens (tertiary/aromatic N) is 5. The van der Waals surface area contributed by atoms with E-state index in [0.717, 1.165) is 16.2 Å². The van der Waals surface area contributed by atoms with Crippen LogP contribution in [0, 0.1) is 20.8 Å². The van der Waals surface area contributed by atoms with Gasteiger partial charge in [-0.1, -0.05) is 0 Å². The first-order valence-corrected chi connectivity index (χ1v) is 4.97. The first-order valence-electron chi connectivity index (χ1n) is 4.97. The summed E-state index contributed by atoms with van der Waals surface area (Å²) in [5, 5.41) is 16.7. The Balaban J connectivity index is 2.53. The minimum atomic E-state index is -1.11. The van der Waals surface area contributed by atoms with Crippen molar-refractivity contribution in [2.24, 2.45) is 0 Å². The van der Waals surface area contributed by atoms with Crippen molar-refractivity contribution in [1.82, 2.24) is 25.0 Å². The summed E-state index contributed by atoms with van der Waals surface area (Å²) in [6, 6.07) is 1.82. The first kappa shape index (κ1) is 11.2. The first-order chi connectivity index (χ1) is 7.97. The highest BCUT2D eigenvalue weighted by Gasteiger charge is 2.16. The van der Waals surface area contributed by atoms with Crippen molar-refractivity contribution >= 4 is 5.97 Å². The maximum absolute atomic E-state index is 10.8. The third-order valence-electron chi connectivity index (χ3n) is 2.13. The Morgan fingerprint density at radius 2 is 1.76 bits per heavy atom. The summed E-state index contributed by atoms with van der Waals surface area (Å²) in [6.07, 6.45) is 0. The smallest absolute Gasteiger partial charge is 0.358 e. The molecule has 0 amide bonds. The summed E-state index contributed by atoms with van der Waals surface area (Å²) >= 11 is 0. The SMILES string of the molecule is Cc1cc(C)nc(-n2nc(C)c(C(=O)O)n2)n1. The van der Waals surface area contributed by atoms with Gasteiger partial charge in [0.25, 0.3) is 5.95 Å². The van der Waals surface area contributed by atoms with Crippen LogP contribution in [0.1, 0.15) is 27.6 Å². The van der Waals surface area contributed by atoms with Crippen LogP contribution < -0.4 is 0 Å². The second-order valence-corrected chi connectivity index (χ2v) is 3.68. The van der Waals surface area contributed by atoms with Gasteiger partial charge >= 0.3 is 5.97 Å². The van der Waals surface area contributed by atoms with E-state index in [9.17, 15) is 4.79 Å². The van der Waals surface area contributed by atoms with E-state index in [2.05, 4.69) is 20.2 Å². The standard InChI is InChI=1S/C10H11N5O2/c1-5-4-6(2)12-10(11-5)15-13-7(3)8(14-15)9(16)17/h4H,1-3H3,(H,16,17). The molecule has 0 aliphatic rings. The Kier molecular flexibility index (Phi) is 2.58. The molecule has 0 aromatic carbocycles. The van der Waals surface area contributed by atoms with E-state index in [1.807, 2.05) is 19.9 Å². The molecule has 0 aliphatic heterocycles. The number of hydrogen-bond acceptors (Lipinski definition) is 5. The van der Waals surface area contributed by atoms with Gasteiger partial charge in [-0.05, 0) is 26.8 Å². The molecule has 2 aromatic rings. The van der Waals surface area contributed by atoms with Crippen molar-refractivity contribution in [2.45, 2.75) is 20.8 Å². The van der Waals surface area contributed by atoms with Crippen LogP contribution in [0.3, 0.4) is 0 Å². The molecule has 0 aliphatic carbocycles. The predicted octanol–water partition coefficient (Wildman–Crippen LogP) is 0.681. The molecule has 88 valence electrons. The highest BCUT2D eigenvalue weighted by atomic mass is 16.4. The summed E-state index contributed by atoms with van der Waals surface area (Å²) < 4.78 is 0. The fourth-order valence-electron chi connectivity index (χ4n) is 1.46. The number of carboxylic acid groups (broad SMARTS) is 1. The number of carboxylic acids is 1. The molecule has 0 atom stereocenters. The average molecular weight is 233 g/mol. The van der Waals surface area contributed by atoms with E-state index in [0.29, 0.717) is 5.69 Å². The molecular weight excluding hydrogens is 222 g/mol. The van der Waals surface area contributed by atoms with E-state index in [-0.39, 0.29) is 11.6 Å². The quantitative estimate of drug-likeness (QED) is 0.819. The van der Waals surface area contributed by atoms with Crippen LogP contribution in [0.4, 0.5) is 0 Å². The lowest BCUT2D eigenvalue weighted by Crippen LogP contribution is -2.08. The van der Waals surface area contributed by atoms with Gasteiger partial charge in [-0.2, -0.15) is 0 Å². The van der Waals surface area contributed by atoms with Gasteiger partial charge < -0.3 is 5.11 Å². The predicted molar refractivity (Wildman–Crippen MR) is 58.1 cm³/mol. The third-order valence-corrected chi connectivity index (χ3v) is 2.13. The molecule has 0 fully saturated rings. The highest BCUT2D eigenvalue weighted by molar-refractivity contribution is 5.86. The van der Waals surface area contributed by atoms with Gasteiger partial charge in [0.2, 0.25) is 0 Å². The normalized spacial score (nSPS) is 10.5. The number of aromatic carboxylic acids is 1. The molecule has 2 aromatic heterocycles. The van der Waals surface area contributed by atoms with Crippen molar-refractivity contribution in [2.75, 3.05) is 0 Å². The summed E-state index contributed by atoms with van der Waals surface area (Å²) in [5.74, 6) is -0.837. The van der Waals surface area contributed by atoms with E-state index < -0.39 is 5.97 Å². The fourth-order valence-corrected chi connectivity index (χ4v) is 1.46. The molecule has 0 bridgehead atoms. The fraction of sp³-hybridized carbons (Fsp3) is 0.300. The summed E-state index contributed by atoms with van der Waals surface area (Å²) in [4.78, 5) is 20.3. The number of aryl methyl sites for hydroxylation is 3. The Bertz CT molecular complexity index is 570. The molecule has 0 spiro atoms. The van der Waals surface area contributed by atoms with Gasteiger partial charge in [0.15, 0.2) is 5.69 Å². The van der Waals surface area contributed by atoms with Crippen LogP contribution in [-0.4, -0.2) is 36.0 Å². The van der Waals surface area contributed by atoms with Gasteiger partial charge in [0.1, 0.15) is 0 Å². The van der Waals surface area contributed by atoms with Crippen molar-refractivity contribution in [3.8, 4) is 5.95 Å². The summed E-state index contributed by atoms with van der Waals surface area (Å²) in [6.45, 7) is 5.23. The van der Waals surface area contributed by atoms with Crippen LogP contribution in [0.15, 0.2) is 6.07 Å². The zero-order chi connectivity index (χ0) is 12.6. The van der Waals surface area contributed by atoms with Gasteiger partial charge in [-0.25, -0.2) is 14.8 Å². The summed E-state index contributed by atoms with van der Waals surface area (Å²) in [5.41, 5.74) is 1.80. The van der Waals surface area contributed by atoms with E-state index in [1.54, 1.807) is 6.92 Å². The molecule has 0 unspecified atom stereocenters. The maximum Gasteiger partial charge on any atom is 0.358 e. The average Bonchev–Trinajstić information content (AvgIpc) is 2.59. The van der Waals surface area contributed by atoms with Crippen LogP contribution in [0.5, 0.6) is 0 Å². The van der Waals surface area contributed by atoms with Gasteiger partial charge in [0, 0.05) is 11.4 Å². The Morgan fingerprint density at radius 1 is 1.18 bits per heavy atom. The van der Waals surface area contributed by atoms with Gasteiger partial charge in [-0.15, -0.1) is 15.0 Å². The summed E-state index contributed by atoms with van der Waals surface area (Å²) in [7, 11) is 0. The monoisotopic (exact) mass is 233 g/mol. The Morgan fingerprint density at radius 3 is 2.24 bits per heavy atom. The molecule has 17 heavy (non-hydrogen) atoms. The molecular formula is C10H11N5O2. The van der Waals surface area contributed by atoms with Crippen molar-refractivity contribution in [3.05, 3.63) is 28.8 Å². The van der Waals surface area contributed by atoms with Crippen LogP contribution in [0.25, 0.3) is 5.95 Å². The molecule has 1 N–H and O–H groups in total. The molecule has 2 rings (SSSR count). The van der Waals surface area contributed by atoms with Crippen LogP contribution in [0.2, 0.25) is 0 Å². The van der Waals surface area contributed by atoms with E-state index in [4.69, 9.17) is 5.11 Å². The zero-order valence-corrected chi connectivity index (χ0v) is 9.67. The minimum absolute atomic E-state index is 0.0900. The van der Waals surface area contributed by atoms with E-state index in [1.165, 1.54) is 0 Å². The second kappa shape index (κ2) is 3.93. The molecule has 7 heteroatoms. The molecule has 0 saturated carbocycles. The molecule has 2 heterocycles. The number of aromatic nitrogens is 5. The number of carbonyl (C=O) groups is 1. The van der Waals surface area contributed by atoms with Crippen molar-refractivity contribution in [3.63, 3.8) is 0 Å². The van der Waals surface area contributed by atoms with Crippen molar-refractivity contribution in [1.29, 1.82) is 0 Å².